The number of carbonyl (C=O) groups excluding carboxylic acids is 2. The Hall–Kier alpha value is -4.28. The number of fused-ring (bicyclic) bond motifs is 1. The molecule has 1 amide bonds. The lowest BCUT2D eigenvalue weighted by atomic mass is 10.1. The third-order valence-corrected chi connectivity index (χ3v) is 6.81. The summed E-state index contributed by atoms with van der Waals surface area (Å²) < 4.78 is 61.4. The number of anilines is 1. The van der Waals surface area contributed by atoms with E-state index in [2.05, 4.69) is 0 Å². The van der Waals surface area contributed by atoms with Crippen molar-refractivity contribution in [3.05, 3.63) is 83.9 Å². The number of rotatable bonds is 6. The van der Waals surface area contributed by atoms with Crippen LogP contribution in [-0.2, 0) is 22.3 Å². The molecule has 0 aliphatic carbocycles. The van der Waals surface area contributed by atoms with Gasteiger partial charge in [0.05, 0.1) is 23.2 Å². The number of nitrogens with zero attached hydrogens (tertiary/aromatic N) is 4. The minimum Gasteiger partial charge on any atom is -0.461 e. The van der Waals surface area contributed by atoms with E-state index in [1.807, 2.05) is 4.90 Å². The average Bonchev–Trinajstić information content (AvgIpc) is 3.49. The number of hydrogen-bond acceptors (Lipinski definition) is 4. The number of hydrogen-bond donors (Lipinski definition) is 0. The summed E-state index contributed by atoms with van der Waals surface area (Å²) in [5, 5.41) is 0. The van der Waals surface area contributed by atoms with Crippen LogP contribution in [-0.4, -0.2) is 58.7 Å². The monoisotopic (exact) mass is 542 g/mol. The lowest BCUT2D eigenvalue weighted by Gasteiger charge is -2.36. The number of alkyl halides is 3. The topological polar surface area (TPSA) is 59.7 Å². The minimum atomic E-state index is -4.43. The third kappa shape index (κ3) is 5.34. The van der Waals surface area contributed by atoms with E-state index in [9.17, 15) is 27.2 Å². The summed E-state index contributed by atoms with van der Waals surface area (Å²) >= 11 is 0. The molecule has 39 heavy (non-hydrogen) atoms. The standard InChI is InChI=1S/C28H26F4N4O3/c1-2-39-27(38)25-17-24-23(10-11-35(24)21-8-6-20(29)7-9-21)36(25)18-26(37)34-14-12-33(13-15-34)22-5-3-4-19(16-22)28(30,31)32/h3-11,16-17H,2,12-15,18H2,1H3. The van der Waals surface area contributed by atoms with Gasteiger partial charge in [0.15, 0.2) is 0 Å². The highest BCUT2D eigenvalue weighted by atomic mass is 19.4. The van der Waals surface area contributed by atoms with Crippen LogP contribution in [0.2, 0.25) is 0 Å². The van der Waals surface area contributed by atoms with Crippen molar-refractivity contribution in [2.45, 2.75) is 19.6 Å². The number of amides is 1. The predicted octanol–water partition coefficient (Wildman–Crippen LogP) is 5.12. The first-order valence-corrected chi connectivity index (χ1v) is 12.5. The first kappa shape index (κ1) is 26.3. The molecule has 1 saturated heterocycles. The normalized spacial score (nSPS) is 14.2. The fourth-order valence-corrected chi connectivity index (χ4v) is 4.84. The van der Waals surface area contributed by atoms with Gasteiger partial charge >= 0.3 is 12.1 Å². The van der Waals surface area contributed by atoms with E-state index < -0.39 is 17.7 Å². The molecular weight excluding hydrogens is 516 g/mol. The van der Waals surface area contributed by atoms with Crippen LogP contribution < -0.4 is 4.90 Å². The smallest absolute Gasteiger partial charge is 0.416 e. The zero-order valence-corrected chi connectivity index (χ0v) is 21.1. The molecule has 2 aromatic carbocycles. The van der Waals surface area contributed by atoms with Gasteiger partial charge in [0.2, 0.25) is 5.91 Å². The van der Waals surface area contributed by atoms with Gasteiger partial charge in [0.25, 0.3) is 0 Å². The Kier molecular flexibility index (Phi) is 7.07. The molecule has 3 heterocycles. The van der Waals surface area contributed by atoms with Gasteiger partial charge in [-0.05, 0) is 61.5 Å². The molecule has 4 aromatic rings. The van der Waals surface area contributed by atoms with E-state index in [0.29, 0.717) is 48.6 Å². The van der Waals surface area contributed by atoms with Gasteiger partial charge in [-0.2, -0.15) is 13.2 Å². The molecule has 204 valence electrons. The van der Waals surface area contributed by atoms with Crippen molar-refractivity contribution in [3.8, 4) is 5.69 Å². The molecule has 11 heteroatoms. The number of carbonyl (C=O) groups is 2. The van der Waals surface area contributed by atoms with Gasteiger partial charge in [-0.3, -0.25) is 4.79 Å². The van der Waals surface area contributed by atoms with Crippen molar-refractivity contribution in [2.24, 2.45) is 0 Å². The summed E-state index contributed by atoms with van der Waals surface area (Å²) in [6.45, 7) is 3.14. The summed E-state index contributed by atoms with van der Waals surface area (Å²) in [5.74, 6) is -1.16. The predicted molar refractivity (Wildman–Crippen MR) is 137 cm³/mol. The minimum absolute atomic E-state index is 0.116. The maximum absolute atomic E-state index is 13.4. The van der Waals surface area contributed by atoms with Crippen LogP contribution in [0.15, 0.2) is 66.9 Å². The number of halogens is 4. The summed E-state index contributed by atoms with van der Waals surface area (Å²) in [4.78, 5) is 29.5. The van der Waals surface area contributed by atoms with Crippen LogP contribution in [0.5, 0.6) is 0 Å². The second-order valence-electron chi connectivity index (χ2n) is 9.18. The van der Waals surface area contributed by atoms with Crippen LogP contribution in [0.4, 0.5) is 23.2 Å². The summed E-state index contributed by atoms with van der Waals surface area (Å²) in [6, 6.07) is 14.5. The van der Waals surface area contributed by atoms with Crippen molar-refractivity contribution in [2.75, 3.05) is 37.7 Å². The highest BCUT2D eigenvalue weighted by Crippen LogP contribution is 2.32. The number of aromatic nitrogens is 2. The first-order chi connectivity index (χ1) is 18.7. The van der Waals surface area contributed by atoms with Crippen molar-refractivity contribution in [1.82, 2.24) is 14.0 Å². The molecule has 0 atom stereocenters. The Morgan fingerprint density at radius 2 is 1.62 bits per heavy atom. The van der Waals surface area contributed by atoms with Crippen LogP contribution in [0.1, 0.15) is 23.0 Å². The molecule has 0 spiro atoms. The number of piperazine rings is 1. The number of esters is 1. The van der Waals surface area contributed by atoms with Gasteiger partial charge < -0.3 is 23.7 Å². The van der Waals surface area contributed by atoms with Gasteiger partial charge in [-0.1, -0.05) is 6.07 Å². The Morgan fingerprint density at radius 3 is 2.28 bits per heavy atom. The zero-order chi connectivity index (χ0) is 27.7. The summed E-state index contributed by atoms with van der Waals surface area (Å²) in [5.41, 5.74) is 1.94. The first-order valence-electron chi connectivity index (χ1n) is 12.5. The Bertz CT molecular complexity index is 1500. The molecule has 7 nitrogen and oxygen atoms in total. The van der Waals surface area contributed by atoms with Crippen molar-refractivity contribution >= 4 is 28.6 Å². The Labute approximate surface area is 221 Å². The van der Waals surface area contributed by atoms with E-state index >= 15 is 0 Å². The van der Waals surface area contributed by atoms with Gasteiger partial charge in [0.1, 0.15) is 18.1 Å². The molecule has 0 saturated carbocycles. The Balaban J connectivity index is 1.35. The lowest BCUT2D eigenvalue weighted by molar-refractivity contribution is -0.137. The molecule has 0 bridgehead atoms. The van der Waals surface area contributed by atoms with Crippen molar-refractivity contribution in [1.29, 1.82) is 0 Å². The van der Waals surface area contributed by atoms with E-state index in [0.717, 1.165) is 12.1 Å². The SMILES string of the molecule is CCOC(=O)c1cc2c(ccn2-c2ccc(F)cc2)n1CC(=O)N1CCN(c2cccc(C(F)(F)F)c2)CC1. The van der Waals surface area contributed by atoms with Gasteiger partial charge in [-0.15, -0.1) is 0 Å². The molecule has 0 unspecified atom stereocenters. The quantitative estimate of drug-likeness (QED) is 0.251. The number of ether oxygens (including phenoxy) is 1. The molecule has 0 radical (unpaired) electrons. The number of benzene rings is 2. The van der Waals surface area contributed by atoms with Gasteiger partial charge in [-0.25, -0.2) is 9.18 Å². The second-order valence-corrected chi connectivity index (χ2v) is 9.18. The summed E-state index contributed by atoms with van der Waals surface area (Å²) in [6.07, 6.45) is -2.65. The van der Waals surface area contributed by atoms with Crippen molar-refractivity contribution < 1.29 is 31.9 Å². The highest BCUT2D eigenvalue weighted by molar-refractivity contribution is 5.96. The van der Waals surface area contributed by atoms with E-state index in [1.54, 1.807) is 57.5 Å². The van der Waals surface area contributed by atoms with Gasteiger partial charge in [0, 0.05) is 43.8 Å². The maximum Gasteiger partial charge on any atom is 0.416 e. The largest absolute Gasteiger partial charge is 0.461 e. The fourth-order valence-electron chi connectivity index (χ4n) is 4.84. The maximum atomic E-state index is 13.4. The average molecular weight is 543 g/mol. The molecule has 2 aromatic heterocycles. The molecule has 5 rings (SSSR count). The molecule has 1 fully saturated rings. The fraction of sp³-hybridized carbons (Fsp3) is 0.286. The van der Waals surface area contributed by atoms with Crippen LogP contribution in [0.25, 0.3) is 16.7 Å². The van der Waals surface area contributed by atoms with Crippen LogP contribution in [0.3, 0.4) is 0 Å². The lowest BCUT2D eigenvalue weighted by Crippen LogP contribution is -2.49. The summed E-state index contributed by atoms with van der Waals surface area (Å²) in [7, 11) is 0. The molecule has 1 aliphatic rings. The zero-order valence-electron chi connectivity index (χ0n) is 21.1. The van der Waals surface area contributed by atoms with E-state index in [4.69, 9.17) is 4.74 Å². The molecule has 0 N–H and O–H groups in total. The van der Waals surface area contributed by atoms with Crippen molar-refractivity contribution in [3.63, 3.8) is 0 Å². The van der Waals surface area contributed by atoms with E-state index in [-0.39, 0.29) is 30.6 Å². The second kappa shape index (κ2) is 10.5. The van der Waals surface area contributed by atoms with Crippen LogP contribution in [0, 0.1) is 5.82 Å². The molecule has 1 aliphatic heterocycles. The van der Waals surface area contributed by atoms with E-state index in [1.165, 1.54) is 18.2 Å². The molecular formula is C28H26F4N4O3. The Morgan fingerprint density at radius 1 is 0.897 bits per heavy atom. The third-order valence-electron chi connectivity index (χ3n) is 6.81. The highest BCUT2D eigenvalue weighted by Gasteiger charge is 2.31. The van der Waals surface area contributed by atoms with Crippen LogP contribution >= 0.6 is 0 Å².